The van der Waals surface area contributed by atoms with Crippen molar-refractivity contribution in [2.45, 2.75) is 107 Å². The lowest BCUT2D eigenvalue weighted by Gasteiger charge is -2.47. The summed E-state index contributed by atoms with van der Waals surface area (Å²) in [6.07, 6.45) is 13.1. The number of alkyl halides is 1. The Morgan fingerprint density at radius 3 is 2.74 bits per heavy atom. The molecule has 27 heavy (non-hydrogen) atoms. The maximum Gasteiger partial charge on any atom is 0.114 e. The minimum atomic E-state index is -0.482. The Hall–Kier alpha value is 0.0900. The lowest BCUT2D eigenvalue weighted by atomic mass is 9.76. The molecular weight excluding hydrogens is 451 g/mol. The Bertz CT molecular complexity index is 528. The van der Waals surface area contributed by atoms with Crippen LogP contribution >= 0.6 is 22.6 Å². The zero-order valence-electron chi connectivity index (χ0n) is 17.6. The van der Waals surface area contributed by atoms with Crippen molar-refractivity contribution in [2.24, 2.45) is 11.8 Å². The fourth-order valence-corrected chi connectivity index (χ4v) is 5.79. The van der Waals surface area contributed by atoms with Crippen molar-refractivity contribution in [3.05, 3.63) is 23.3 Å². The van der Waals surface area contributed by atoms with Gasteiger partial charge in [-0.3, -0.25) is 0 Å². The van der Waals surface area contributed by atoms with Crippen LogP contribution in [0.1, 0.15) is 85.5 Å². The second-order valence-electron chi connectivity index (χ2n) is 8.78. The highest BCUT2D eigenvalue weighted by molar-refractivity contribution is 14.1. The molecule has 1 aliphatic heterocycles. The predicted octanol–water partition coefficient (Wildman–Crippen LogP) is 5.93. The molecule has 1 aliphatic carbocycles. The summed E-state index contributed by atoms with van der Waals surface area (Å²) < 4.78 is 6.26. The van der Waals surface area contributed by atoms with E-state index in [0.29, 0.717) is 0 Å². The number of aliphatic hydroxyl groups excluding tert-OH is 2. The molecule has 2 aliphatic rings. The molecule has 2 rings (SSSR count). The van der Waals surface area contributed by atoms with Crippen molar-refractivity contribution in [2.75, 3.05) is 0 Å². The van der Waals surface area contributed by atoms with Crippen LogP contribution in [-0.2, 0) is 4.74 Å². The summed E-state index contributed by atoms with van der Waals surface area (Å²) in [5.74, 6) is 0.110. The van der Waals surface area contributed by atoms with E-state index in [1.165, 1.54) is 24.0 Å². The summed E-state index contributed by atoms with van der Waals surface area (Å²) in [5, 5.41) is 21.7. The number of hydrogen-bond acceptors (Lipinski definition) is 3. The summed E-state index contributed by atoms with van der Waals surface area (Å²) in [4.78, 5) is 0. The molecule has 1 fully saturated rings. The number of ether oxygens (including phenoxy) is 1. The van der Waals surface area contributed by atoms with Crippen LogP contribution in [0.4, 0.5) is 0 Å². The molecule has 0 aromatic heterocycles. The first-order chi connectivity index (χ1) is 12.8. The lowest BCUT2D eigenvalue weighted by Crippen LogP contribution is -2.51. The average molecular weight is 490 g/mol. The van der Waals surface area contributed by atoms with Gasteiger partial charge in [0.15, 0.2) is 0 Å². The van der Waals surface area contributed by atoms with Crippen LogP contribution < -0.4 is 0 Å². The third-order valence-electron chi connectivity index (χ3n) is 6.58. The molecule has 0 aromatic rings. The monoisotopic (exact) mass is 490 g/mol. The van der Waals surface area contributed by atoms with Crippen molar-refractivity contribution in [1.82, 2.24) is 0 Å². The third-order valence-corrected chi connectivity index (χ3v) is 7.36. The molecule has 0 spiro atoms. The molecule has 1 heterocycles. The Morgan fingerprint density at radius 2 is 2.11 bits per heavy atom. The van der Waals surface area contributed by atoms with E-state index in [1.807, 2.05) is 0 Å². The normalized spacial score (nSPS) is 36.0. The maximum absolute atomic E-state index is 10.9. The first-order valence-corrected chi connectivity index (χ1v) is 12.0. The Morgan fingerprint density at radius 1 is 1.37 bits per heavy atom. The van der Waals surface area contributed by atoms with Crippen LogP contribution in [0.25, 0.3) is 0 Å². The molecular formula is C23H39IO3. The number of allylic oxidation sites excluding steroid dienone is 2. The largest absolute Gasteiger partial charge is 0.392 e. The van der Waals surface area contributed by atoms with E-state index in [-0.39, 0.29) is 29.6 Å². The van der Waals surface area contributed by atoms with Crippen molar-refractivity contribution >= 4 is 22.6 Å². The molecule has 3 nitrogen and oxygen atoms in total. The molecule has 4 heteroatoms. The first kappa shape index (κ1) is 23.4. The second-order valence-corrected chi connectivity index (χ2v) is 10.1. The molecule has 2 N–H and O–H groups in total. The van der Waals surface area contributed by atoms with Crippen LogP contribution in [0.3, 0.4) is 0 Å². The Labute approximate surface area is 179 Å². The average Bonchev–Trinajstić information content (AvgIpc) is 2.69. The SMILES string of the molecule is C/C=C/CC[C@@]1(C)CCC2C(O)CC(C)=C(CCCCC)C(C(O)I)[C@@H]2O1. The van der Waals surface area contributed by atoms with Crippen LogP contribution in [0.5, 0.6) is 0 Å². The number of halogens is 1. The van der Waals surface area contributed by atoms with Crippen LogP contribution in [0.2, 0.25) is 0 Å². The number of aliphatic hydroxyl groups is 2. The van der Waals surface area contributed by atoms with E-state index >= 15 is 0 Å². The fourth-order valence-electron chi connectivity index (χ4n) is 4.95. The van der Waals surface area contributed by atoms with Crippen molar-refractivity contribution < 1.29 is 14.9 Å². The van der Waals surface area contributed by atoms with E-state index in [0.717, 1.165) is 44.9 Å². The summed E-state index contributed by atoms with van der Waals surface area (Å²) in [5.41, 5.74) is 2.44. The van der Waals surface area contributed by atoms with Gasteiger partial charge in [0.1, 0.15) is 4.11 Å². The third kappa shape index (κ3) is 6.03. The molecule has 4 unspecified atom stereocenters. The Kier molecular flexibility index (Phi) is 9.30. The minimum absolute atomic E-state index is 0.00838. The van der Waals surface area contributed by atoms with Crippen molar-refractivity contribution in [1.29, 1.82) is 0 Å². The number of unbranched alkanes of at least 4 members (excludes halogenated alkanes) is 2. The van der Waals surface area contributed by atoms with Crippen LogP contribution in [0.15, 0.2) is 23.3 Å². The second kappa shape index (κ2) is 10.7. The molecule has 0 aromatic carbocycles. The molecule has 0 radical (unpaired) electrons. The van der Waals surface area contributed by atoms with Gasteiger partial charge in [-0.25, -0.2) is 0 Å². The van der Waals surface area contributed by atoms with Gasteiger partial charge in [-0.15, -0.1) is 0 Å². The maximum atomic E-state index is 10.9. The van der Waals surface area contributed by atoms with E-state index in [4.69, 9.17) is 4.74 Å². The van der Waals surface area contributed by atoms with Gasteiger partial charge in [-0.2, -0.15) is 0 Å². The van der Waals surface area contributed by atoms with Crippen molar-refractivity contribution in [3.63, 3.8) is 0 Å². The van der Waals surface area contributed by atoms with E-state index in [2.05, 4.69) is 62.4 Å². The molecule has 0 saturated carbocycles. The lowest BCUT2D eigenvalue weighted by molar-refractivity contribution is -0.184. The number of fused-ring (bicyclic) bond motifs is 1. The summed E-state index contributed by atoms with van der Waals surface area (Å²) >= 11 is 2.16. The molecule has 1 saturated heterocycles. The molecule has 0 amide bonds. The number of hydrogen-bond donors (Lipinski definition) is 2. The molecule has 0 bridgehead atoms. The first-order valence-electron chi connectivity index (χ1n) is 10.8. The minimum Gasteiger partial charge on any atom is -0.392 e. The van der Waals surface area contributed by atoms with E-state index < -0.39 is 4.11 Å². The molecule has 6 atom stereocenters. The van der Waals surface area contributed by atoms with Gasteiger partial charge in [0, 0.05) is 11.8 Å². The van der Waals surface area contributed by atoms with E-state index in [9.17, 15) is 10.2 Å². The van der Waals surface area contributed by atoms with Gasteiger partial charge < -0.3 is 14.9 Å². The summed E-state index contributed by atoms with van der Waals surface area (Å²) in [6, 6.07) is 0. The highest BCUT2D eigenvalue weighted by Crippen LogP contribution is 2.47. The quantitative estimate of drug-likeness (QED) is 0.192. The van der Waals surface area contributed by atoms with Gasteiger partial charge in [0.05, 0.1) is 17.8 Å². The van der Waals surface area contributed by atoms with E-state index in [1.54, 1.807) is 0 Å². The fraction of sp³-hybridized carbons (Fsp3) is 0.826. The highest BCUT2D eigenvalue weighted by atomic mass is 127. The zero-order valence-corrected chi connectivity index (χ0v) is 19.7. The summed E-state index contributed by atoms with van der Waals surface area (Å²) in [7, 11) is 0. The van der Waals surface area contributed by atoms with Gasteiger partial charge >= 0.3 is 0 Å². The van der Waals surface area contributed by atoms with Gasteiger partial charge in [-0.05, 0) is 65.7 Å². The van der Waals surface area contributed by atoms with Crippen LogP contribution in [-0.4, -0.2) is 32.1 Å². The van der Waals surface area contributed by atoms with Gasteiger partial charge in [0.25, 0.3) is 0 Å². The van der Waals surface area contributed by atoms with Crippen LogP contribution in [0, 0.1) is 11.8 Å². The topological polar surface area (TPSA) is 49.7 Å². The van der Waals surface area contributed by atoms with Gasteiger partial charge in [0.2, 0.25) is 0 Å². The smallest absolute Gasteiger partial charge is 0.114 e. The van der Waals surface area contributed by atoms with Gasteiger partial charge in [-0.1, -0.05) is 65.7 Å². The Balaban J connectivity index is 2.29. The number of rotatable bonds is 8. The standard InChI is InChI=1S/C23H39IO3/c1-5-7-9-11-17-16(3)15-19(25)18-12-14-23(4,13-10-8-6-2)27-21(18)20(17)22(24)26/h6,8,18-22,25-26H,5,7,9-15H2,1-4H3/b8-6+/t18?,19?,20?,21-,22?,23+/m1/s1. The zero-order chi connectivity index (χ0) is 20.0. The summed E-state index contributed by atoms with van der Waals surface area (Å²) in [6.45, 7) is 8.65. The molecule has 156 valence electrons. The van der Waals surface area contributed by atoms with Crippen molar-refractivity contribution in [3.8, 4) is 0 Å². The highest BCUT2D eigenvalue weighted by Gasteiger charge is 2.48. The predicted molar refractivity (Wildman–Crippen MR) is 121 cm³/mol.